The first kappa shape index (κ1) is 24.8. The van der Waals surface area contributed by atoms with Gasteiger partial charge < -0.3 is 4.42 Å². The summed E-state index contributed by atoms with van der Waals surface area (Å²) in [6.45, 7) is 23.2. The van der Waals surface area contributed by atoms with Crippen LogP contribution in [0, 0.1) is 0 Å². The van der Waals surface area contributed by atoms with Crippen LogP contribution < -0.4 is 0 Å². The van der Waals surface area contributed by atoms with Crippen molar-refractivity contribution >= 4 is 12.2 Å². The van der Waals surface area contributed by atoms with Crippen LogP contribution in [0.25, 0.3) is 12.2 Å². The van der Waals surface area contributed by atoms with E-state index in [1.54, 1.807) is 18.4 Å². The molecule has 0 unspecified atom stereocenters. The minimum atomic E-state index is 0.782. The third kappa shape index (κ3) is 14.8. The number of hydrogen-bond acceptors (Lipinski definition) is 1. The second-order valence-electron chi connectivity index (χ2n) is 1.65. The van der Waals surface area contributed by atoms with Gasteiger partial charge in [-0.1, -0.05) is 74.6 Å². The van der Waals surface area contributed by atoms with Gasteiger partial charge >= 0.3 is 0 Å². The SMILES string of the molecule is C=Cc1ccoc1C=C.CC.CC.CC.CC. The zero-order valence-electron chi connectivity index (χ0n) is 13.1. The molecule has 1 nitrogen and oxygen atoms in total. The first-order chi connectivity index (χ1) is 8.38. The van der Waals surface area contributed by atoms with Gasteiger partial charge in [-0.3, -0.25) is 0 Å². The molecular formula is C16H32O. The van der Waals surface area contributed by atoms with Crippen LogP contribution in [0.15, 0.2) is 29.9 Å². The van der Waals surface area contributed by atoms with Crippen LogP contribution in [0.5, 0.6) is 0 Å². The Balaban J connectivity index is -0.0000000905. The molecule has 1 heteroatoms. The topological polar surface area (TPSA) is 13.1 Å². The molecule has 0 saturated heterocycles. The largest absolute Gasteiger partial charge is 0.464 e. The van der Waals surface area contributed by atoms with E-state index in [-0.39, 0.29) is 0 Å². The highest BCUT2D eigenvalue weighted by Gasteiger charge is 1.94. The Bertz CT molecular complexity index is 199. The smallest absolute Gasteiger partial charge is 0.133 e. The van der Waals surface area contributed by atoms with Gasteiger partial charge in [-0.05, 0) is 12.1 Å². The van der Waals surface area contributed by atoms with Gasteiger partial charge in [0.05, 0.1) is 6.26 Å². The third-order valence-electron chi connectivity index (χ3n) is 1.13. The predicted octanol–water partition coefficient (Wildman–Crippen LogP) is 6.67. The molecule has 0 aliphatic carbocycles. The summed E-state index contributed by atoms with van der Waals surface area (Å²) >= 11 is 0. The van der Waals surface area contributed by atoms with Crippen LogP contribution >= 0.6 is 0 Å². The van der Waals surface area contributed by atoms with E-state index < -0.39 is 0 Å². The van der Waals surface area contributed by atoms with Gasteiger partial charge in [0.2, 0.25) is 0 Å². The molecule has 0 radical (unpaired) electrons. The Labute approximate surface area is 109 Å². The van der Waals surface area contributed by atoms with Gasteiger partial charge in [-0.25, -0.2) is 0 Å². The summed E-state index contributed by atoms with van der Waals surface area (Å²) in [6.07, 6.45) is 5.02. The van der Waals surface area contributed by atoms with Gasteiger partial charge in [0.1, 0.15) is 5.76 Å². The third-order valence-corrected chi connectivity index (χ3v) is 1.13. The van der Waals surface area contributed by atoms with Crippen LogP contribution in [0.1, 0.15) is 66.7 Å². The Morgan fingerprint density at radius 3 is 1.47 bits per heavy atom. The maximum atomic E-state index is 5.02. The molecule has 0 bridgehead atoms. The molecule has 1 aromatic rings. The summed E-state index contributed by atoms with van der Waals surface area (Å²) < 4.78 is 5.02. The van der Waals surface area contributed by atoms with Crippen molar-refractivity contribution in [1.82, 2.24) is 0 Å². The molecule has 0 aliphatic rings. The first-order valence-electron chi connectivity index (χ1n) is 6.71. The maximum Gasteiger partial charge on any atom is 0.133 e. The highest BCUT2D eigenvalue weighted by molar-refractivity contribution is 5.58. The highest BCUT2D eigenvalue weighted by atomic mass is 16.3. The quantitative estimate of drug-likeness (QED) is 0.562. The number of furan rings is 1. The van der Waals surface area contributed by atoms with Crippen molar-refractivity contribution in [2.75, 3.05) is 0 Å². The van der Waals surface area contributed by atoms with Crippen molar-refractivity contribution in [2.45, 2.75) is 55.4 Å². The maximum absolute atomic E-state index is 5.02. The molecule has 17 heavy (non-hydrogen) atoms. The minimum Gasteiger partial charge on any atom is -0.464 e. The zero-order valence-corrected chi connectivity index (χ0v) is 13.1. The van der Waals surface area contributed by atoms with Crippen molar-refractivity contribution in [1.29, 1.82) is 0 Å². The Kier molecular flexibility index (Phi) is 42.8. The van der Waals surface area contributed by atoms with Gasteiger partial charge in [0.15, 0.2) is 0 Å². The summed E-state index contributed by atoms with van der Waals surface area (Å²) in [5.74, 6) is 0.782. The average Bonchev–Trinajstić information content (AvgIpc) is 2.95. The monoisotopic (exact) mass is 240 g/mol. The molecule has 0 fully saturated rings. The van der Waals surface area contributed by atoms with Crippen molar-refractivity contribution in [3.8, 4) is 0 Å². The van der Waals surface area contributed by atoms with Crippen molar-refractivity contribution in [3.63, 3.8) is 0 Å². The van der Waals surface area contributed by atoms with E-state index in [2.05, 4.69) is 13.2 Å². The Hall–Kier alpha value is -1.24. The molecule has 0 N–H and O–H groups in total. The summed E-state index contributed by atoms with van der Waals surface area (Å²) in [5, 5.41) is 0. The molecule has 1 rings (SSSR count). The molecule has 1 heterocycles. The molecule has 0 amide bonds. The number of hydrogen-bond donors (Lipinski definition) is 0. The van der Waals surface area contributed by atoms with E-state index in [4.69, 9.17) is 4.42 Å². The van der Waals surface area contributed by atoms with Crippen LogP contribution in [0.2, 0.25) is 0 Å². The van der Waals surface area contributed by atoms with Gasteiger partial charge in [0.25, 0.3) is 0 Å². The second kappa shape index (κ2) is 29.3. The summed E-state index contributed by atoms with van der Waals surface area (Å²) in [7, 11) is 0. The van der Waals surface area contributed by atoms with E-state index in [0.717, 1.165) is 11.3 Å². The lowest BCUT2D eigenvalue weighted by Crippen LogP contribution is -1.66. The fourth-order valence-corrected chi connectivity index (χ4v) is 0.665. The number of rotatable bonds is 2. The van der Waals surface area contributed by atoms with Gasteiger partial charge in [0, 0.05) is 5.56 Å². The van der Waals surface area contributed by atoms with E-state index in [0.29, 0.717) is 0 Å². The molecule has 0 atom stereocenters. The highest BCUT2D eigenvalue weighted by Crippen LogP contribution is 2.11. The molecule has 0 aliphatic heterocycles. The van der Waals surface area contributed by atoms with Crippen molar-refractivity contribution in [3.05, 3.63) is 36.8 Å². The van der Waals surface area contributed by atoms with Crippen molar-refractivity contribution < 1.29 is 4.42 Å². The van der Waals surface area contributed by atoms with E-state index in [9.17, 15) is 0 Å². The molecule has 0 aromatic carbocycles. The molecule has 1 aromatic heterocycles. The first-order valence-corrected chi connectivity index (χ1v) is 6.71. The van der Waals surface area contributed by atoms with Crippen molar-refractivity contribution in [2.24, 2.45) is 0 Å². The molecule has 0 spiro atoms. The Morgan fingerprint density at radius 2 is 1.24 bits per heavy atom. The molecule has 102 valence electrons. The zero-order chi connectivity index (χ0) is 14.7. The van der Waals surface area contributed by atoms with Crippen LogP contribution in [-0.4, -0.2) is 0 Å². The Morgan fingerprint density at radius 1 is 0.824 bits per heavy atom. The molecular weight excluding hydrogens is 208 g/mol. The second-order valence-corrected chi connectivity index (χ2v) is 1.65. The molecule has 0 saturated carbocycles. The normalized spacial score (nSPS) is 6.12. The van der Waals surface area contributed by atoms with E-state index in [1.807, 2.05) is 61.5 Å². The fraction of sp³-hybridized carbons (Fsp3) is 0.500. The van der Waals surface area contributed by atoms with E-state index >= 15 is 0 Å². The summed E-state index contributed by atoms with van der Waals surface area (Å²) in [5.41, 5.74) is 0.991. The van der Waals surface area contributed by atoms with Crippen LogP contribution in [0.4, 0.5) is 0 Å². The fourth-order valence-electron chi connectivity index (χ4n) is 0.665. The van der Waals surface area contributed by atoms with Gasteiger partial charge in [-0.15, -0.1) is 0 Å². The minimum absolute atomic E-state index is 0.782. The van der Waals surface area contributed by atoms with Crippen LogP contribution in [0.3, 0.4) is 0 Å². The van der Waals surface area contributed by atoms with E-state index in [1.165, 1.54) is 0 Å². The predicted molar refractivity (Wildman–Crippen MR) is 84.3 cm³/mol. The van der Waals surface area contributed by atoms with Gasteiger partial charge in [-0.2, -0.15) is 0 Å². The average molecular weight is 240 g/mol. The van der Waals surface area contributed by atoms with Crippen LogP contribution in [-0.2, 0) is 0 Å². The standard InChI is InChI=1S/C8H8O.4C2H6/c1-3-7-5-6-9-8(7)4-2;4*1-2/h3-6H,1-2H2;4*1-2H3. The lowest BCUT2D eigenvalue weighted by molar-refractivity contribution is 0.556. The summed E-state index contributed by atoms with van der Waals surface area (Å²) in [6, 6.07) is 1.85. The lowest BCUT2D eigenvalue weighted by atomic mass is 10.2. The lowest BCUT2D eigenvalue weighted by Gasteiger charge is -1.84. The summed E-state index contributed by atoms with van der Waals surface area (Å²) in [4.78, 5) is 0.